The fraction of sp³-hybridized carbons (Fsp3) is 0.720. The van der Waals surface area contributed by atoms with Crippen LogP contribution in [0.2, 0.25) is 5.02 Å². The first-order valence-corrected chi connectivity index (χ1v) is 12.4. The van der Waals surface area contributed by atoms with E-state index in [1.165, 1.54) is 25.7 Å². The SMILES string of the molecule is CCCCCCN(CCCCCC)C(=O)c1cc(B2OC(C)(C)C(C)(C)O2)ccc1Cl. The Morgan fingerprint density at radius 2 is 1.42 bits per heavy atom. The molecule has 0 unspecified atom stereocenters. The summed E-state index contributed by atoms with van der Waals surface area (Å²) in [5, 5.41) is 0.484. The van der Waals surface area contributed by atoms with Crippen LogP contribution in [0.25, 0.3) is 0 Å². The van der Waals surface area contributed by atoms with Crippen molar-refractivity contribution in [3.63, 3.8) is 0 Å². The third-order valence-corrected chi connectivity index (χ3v) is 6.93. The number of rotatable bonds is 12. The lowest BCUT2D eigenvalue weighted by Crippen LogP contribution is -2.41. The van der Waals surface area contributed by atoms with Crippen molar-refractivity contribution in [2.24, 2.45) is 0 Å². The molecule has 0 N–H and O–H groups in total. The Bertz CT molecular complexity index is 695. The van der Waals surface area contributed by atoms with Crippen molar-refractivity contribution in [1.29, 1.82) is 0 Å². The van der Waals surface area contributed by atoms with Crippen LogP contribution in [0, 0.1) is 0 Å². The molecular formula is C25H41BClNO3. The maximum absolute atomic E-state index is 13.5. The van der Waals surface area contributed by atoms with Crippen molar-refractivity contribution in [3.8, 4) is 0 Å². The molecule has 2 rings (SSSR count). The first-order chi connectivity index (χ1) is 14.6. The van der Waals surface area contributed by atoms with Crippen LogP contribution in [-0.4, -0.2) is 42.2 Å². The van der Waals surface area contributed by atoms with Gasteiger partial charge in [0.15, 0.2) is 0 Å². The minimum atomic E-state index is -0.503. The van der Waals surface area contributed by atoms with E-state index in [1.54, 1.807) is 6.07 Å². The van der Waals surface area contributed by atoms with Crippen LogP contribution in [0.5, 0.6) is 0 Å². The van der Waals surface area contributed by atoms with Crippen LogP contribution in [0.15, 0.2) is 18.2 Å². The van der Waals surface area contributed by atoms with Crippen molar-refractivity contribution in [3.05, 3.63) is 28.8 Å². The van der Waals surface area contributed by atoms with Gasteiger partial charge in [-0.2, -0.15) is 0 Å². The number of carbonyl (C=O) groups excluding carboxylic acids is 1. The molecule has 6 heteroatoms. The van der Waals surface area contributed by atoms with Crippen molar-refractivity contribution < 1.29 is 14.1 Å². The Morgan fingerprint density at radius 1 is 0.903 bits per heavy atom. The van der Waals surface area contributed by atoms with Crippen molar-refractivity contribution in [2.75, 3.05) is 13.1 Å². The van der Waals surface area contributed by atoms with E-state index < -0.39 is 18.3 Å². The van der Waals surface area contributed by atoms with E-state index in [0.717, 1.165) is 44.2 Å². The molecule has 1 aliphatic heterocycles. The van der Waals surface area contributed by atoms with Gasteiger partial charge >= 0.3 is 7.12 Å². The number of hydrogen-bond donors (Lipinski definition) is 0. The summed E-state index contributed by atoms with van der Waals surface area (Å²) < 4.78 is 12.4. The van der Waals surface area contributed by atoms with Crippen LogP contribution in [0.3, 0.4) is 0 Å². The normalized spacial score (nSPS) is 17.2. The van der Waals surface area contributed by atoms with Gasteiger partial charge in [0, 0.05) is 13.1 Å². The van der Waals surface area contributed by atoms with Crippen LogP contribution >= 0.6 is 11.6 Å². The number of carbonyl (C=O) groups is 1. The predicted molar refractivity (Wildman–Crippen MR) is 131 cm³/mol. The van der Waals surface area contributed by atoms with E-state index in [4.69, 9.17) is 20.9 Å². The van der Waals surface area contributed by atoms with Gasteiger partial charge < -0.3 is 14.2 Å². The summed E-state index contributed by atoms with van der Waals surface area (Å²) >= 11 is 6.49. The monoisotopic (exact) mass is 449 g/mol. The highest BCUT2D eigenvalue weighted by Gasteiger charge is 2.51. The first kappa shape index (κ1) is 26.2. The molecule has 1 amide bonds. The molecular weight excluding hydrogens is 409 g/mol. The van der Waals surface area contributed by atoms with Crippen molar-refractivity contribution >= 4 is 30.1 Å². The Balaban J connectivity index is 2.18. The lowest BCUT2D eigenvalue weighted by atomic mass is 9.78. The summed E-state index contributed by atoms with van der Waals surface area (Å²) in [6.45, 7) is 14.1. The quantitative estimate of drug-likeness (QED) is 0.280. The molecule has 0 radical (unpaired) electrons. The lowest BCUT2D eigenvalue weighted by Gasteiger charge is -2.32. The Hall–Kier alpha value is -1.04. The number of benzene rings is 1. The van der Waals surface area contributed by atoms with E-state index in [1.807, 2.05) is 44.7 Å². The molecule has 1 aliphatic rings. The molecule has 4 nitrogen and oxygen atoms in total. The molecule has 1 aromatic rings. The Kier molecular flexibility index (Phi) is 9.91. The van der Waals surface area contributed by atoms with Gasteiger partial charge in [0.25, 0.3) is 5.91 Å². The zero-order chi connectivity index (χ0) is 23.1. The summed E-state index contributed by atoms with van der Waals surface area (Å²) in [5.74, 6) is 0.0105. The number of halogens is 1. The molecule has 1 aromatic carbocycles. The molecule has 1 heterocycles. The van der Waals surface area contributed by atoms with E-state index in [2.05, 4.69) is 13.8 Å². The van der Waals surface area contributed by atoms with E-state index in [9.17, 15) is 4.79 Å². The molecule has 0 aliphatic carbocycles. The number of nitrogens with zero attached hydrogens (tertiary/aromatic N) is 1. The fourth-order valence-electron chi connectivity index (χ4n) is 3.78. The lowest BCUT2D eigenvalue weighted by molar-refractivity contribution is 0.00578. The number of amides is 1. The van der Waals surface area contributed by atoms with Crippen molar-refractivity contribution in [2.45, 2.75) is 104 Å². The average Bonchev–Trinajstić information content (AvgIpc) is 2.93. The zero-order valence-corrected chi connectivity index (χ0v) is 21.2. The minimum absolute atomic E-state index is 0.0105. The smallest absolute Gasteiger partial charge is 0.399 e. The third-order valence-electron chi connectivity index (χ3n) is 6.60. The Labute approximate surface area is 195 Å². The standard InChI is InChI=1S/C25H41BClNO3/c1-7-9-11-13-17-28(18-14-12-10-8-2)23(29)21-19-20(15-16-22(21)27)26-30-24(3,4)25(5,6)31-26/h15-16,19H,7-14,17-18H2,1-6H3. The molecule has 174 valence electrons. The predicted octanol–water partition coefficient (Wildman–Crippen LogP) is 6.24. The second-order valence-electron chi connectivity index (χ2n) is 9.74. The molecule has 1 saturated heterocycles. The van der Waals surface area contributed by atoms with Gasteiger partial charge in [-0.15, -0.1) is 0 Å². The van der Waals surface area contributed by atoms with Gasteiger partial charge in [0.05, 0.1) is 21.8 Å². The van der Waals surface area contributed by atoms with Crippen molar-refractivity contribution in [1.82, 2.24) is 4.90 Å². The molecule has 0 aromatic heterocycles. The van der Waals surface area contributed by atoms with Crippen LogP contribution in [0.1, 0.15) is 103 Å². The minimum Gasteiger partial charge on any atom is -0.399 e. The van der Waals surface area contributed by atoms with Crippen LogP contribution < -0.4 is 5.46 Å². The topological polar surface area (TPSA) is 38.8 Å². The zero-order valence-electron chi connectivity index (χ0n) is 20.4. The molecule has 0 atom stereocenters. The van der Waals surface area contributed by atoms with Crippen LogP contribution in [-0.2, 0) is 9.31 Å². The molecule has 1 fully saturated rings. The summed E-state index contributed by atoms with van der Waals surface area (Å²) in [4.78, 5) is 15.5. The van der Waals surface area contributed by atoms with E-state index in [-0.39, 0.29) is 5.91 Å². The van der Waals surface area contributed by atoms with Gasteiger partial charge in [-0.1, -0.05) is 70.0 Å². The second-order valence-corrected chi connectivity index (χ2v) is 10.1. The third kappa shape index (κ3) is 6.97. The fourth-order valence-corrected chi connectivity index (χ4v) is 3.98. The summed E-state index contributed by atoms with van der Waals surface area (Å²) in [5.41, 5.74) is 0.529. The number of unbranched alkanes of at least 4 members (excludes halogenated alkanes) is 6. The summed E-state index contributed by atoms with van der Waals surface area (Å²) in [6, 6.07) is 5.55. The maximum Gasteiger partial charge on any atom is 0.494 e. The highest BCUT2D eigenvalue weighted by atomic mass is 35.5. The van der Waals surface area contributed by atoms with E-state index in [0.29, 0.717) is 10.6 Å². The molecule has 0 spiro atoms. The maximum atomic E-state index is 13.5. The largest absolute Gasteiger partial charge is 0.494 e. The van der Waals surface area contributed by atoms with E-state index >= 15 is 0 Å². The molecule has 31 heavy (non-hydrogen) atoms. The number of hydrogen-bond acceptors (Lipinski definition) is 3. The molecule has 0 bridgehead atoms. The second kappa shape index (κ2) is 11.7. The first-order valence-electron chi connectivity index (χ1n) is 12.1. The molecule has 0 saturated carbocycles. The highest BCUT2D eigenvalue weighted by Crippen LogP contribution is 2.36. The van der Waals surface area contributed by atoms with Gasteiger partial charge in [-0.25, -0.2) is 0 Å². The van der Waals surface area contributed by atoms with Gasteiger partial charge in [-0.3, -0.25) is 4.79 Å². The summed E-state index contributed by atoms with van der Waals surface area (Å²) in [7, 11) is -0.503. The summed E-state index contributed by atoms with van der Waals surface area (Å²) in [6.07, 6.45) is 9.14. The van der Waals surface area contributed by atoms with Gasteiger partial charge in [-0.05, 0) is 58.1 Å². The Morgan fingerprint density at radius 3 is 1.90 bits per heavy atom. The van der Waals surface area contributed by atoms with Crippen LogP contribution in [0.4, 0.5) is 0 Å². The average molecular weight is 450 g/mol. The highest BCUT2D eigenvalue weighted by molar-refractivity contribution is 6.62. The van der Waals surface area contributed by atoms with Gasteiger partial charge in [0.1, 0.15) is 0 Å². The van der Waals surface area contributed by atoms with Gasteiger partial charge in [0.2, 0.25) is 0 Å².